The SMILES string of the molecule is COc1cccc(N2C(=O)S/C(=C/c3ccccc3OCC(=O)O)C2=O)c1. The van der Waals surface area contributed by atoms with E-state index in [0.29, 0.717) is 22.7 Å². The van der Waals surface area contributed by atoms with Crippen molar-refractivity contribution in [3.8, 4) is 11.5 Å². The van der Waals surface area contributed by atoms with Gasteiger partial charge in [-0.05, 0) is 36.0 Å². The van der Waals surface area contributed by atoms with Crippen LogP contribution in [0.25, 0.3) is 6.08 Å². The maximum Gasteiger partial charge on any atom is 0.341 e. The molecule has 138 valence electrons. The van der Waals surface area contributed by atoms with Gasteiger partial charge in [-0.2, -0.15) is 0 Å². The smallest absolute Gasteiger partial charge is 0.341 e. The van der Waals surface area contributed by atoms with Crippen LogP contribution in [0.2, 0.25) is 0 Å². The van der Waals surface area contributed by atoms with Gasteiger partial charge in [-0.15, -0.1) is 0 Å². The second-order valence-corrected chi connectivity index (χ2v) is 6.43. The molecule has 1 aliphatic heterocycles. The zero-order valence-corrected chi connectivity index (χ0v) is 15.1. The number of carboxylic acids is 1. The molecule has 1 heterocycles. The number of ether oxygens (including phenoxy) is 2. The summed E-state index contributed by atoms with van der Waals surface area (Å²) in [6.45, 7) is -0.504. The first-order chi connectivity index (χ1) is 13.0. The first-order valence-electron chi connectivity index (χ1n) is 7.85. The second kappa shape index (κ2) is 7.96. The summed E-state index contributed by atoms with van der Waals surface area (Å²) in [5.74, 6) is -0.731. The van der Waals surface area contributed by atoms with Crippen molar-refractivity contribution in [1.29, 1.82) is 0 Å². The normalized spacial score (nSPS) is 15.3. The van der Waals surface area contributed by atoms with Crippen LogP contribution >= 0.6 is 11.8 Å². The first kappa shape index (κ1) is 18.5. The minimum absolute atomic E-state index is 0.217. The molecule has 2 amide bonds. The number of hydrogen-bond acceptors (Lipinski definition) is 6. The number of carboxylic acid groups (broad SMARTS) is 1. The second-order valence-electron chi connectivity index (χ2n) is 5.44. The van der Waals surface area contributed by atoms with E-state index in [-0.39, 0.29) is 4.91 Å². The molecule has 27 heavy (non-hydrogen) atoms. The third kappa shape index (κ3) is 4.12. The molecule has 0 spiro atoms. The summed E-state index contributed by atoms with van der Waals surface area (Å²) in [5.41, 5.74) is 0.922. The van der Waals surface area contributed by atoms with E-state index in [4.69, 9.17) is 14.6 Å². The number of carbonyl (C=O) groups is 3. The molecule has 0 unspecified atom stereocenters. The standard InChI is InChI=1S/C19H15NO6S/c1-25-14-7-4-6-13(10-14)20-18(23)16(27-19(20)24)9-12-5-2-3-8-15(12)26-11-17(21)22/h2-10H,11H2,1H3,(H,21,22)/b16-9+. The van der Waals surface area contributed by atoms with Gasteiger partial charge in [0, 0.05) is 11.6 Å². The lowest BCUT2D eigenvalue weighted by atomic mass is 10.2. The Balaban J connectivity index is 1.90. The molecule has 2 aromatic rings. The lowest BCUT2D eigenvalue weighted by Gasteiger charge is -2.13. The number of benzene rings is 2. The molecule has 3 rings (SSSR count). The molecule has 0 saturated carbocycles. The van der Waals surface area contributed by atoms with E-state index in [1.165, 1.54) is 13.2 Å². The van der Waals surface area contributed by atoms with Crippen LogP contribution in [-0.4, -0.2) is 35.9 Å². The van der Waals surface area contributed by atoms with Gasteiger partial charge in [0.15, 0.2) is 6.61 Å². The molecule has 1 fully saturated rings. The Hall–Kier alpha value is -3.26. The van der Waals surface area contributed by atoms with Gasteiger partial charge in [-0.3, -0.25) is 9.59 Å². The average Bonchev–Trinajstić information content (AvgIpc) is 2.94. The summed E-state index contributed by atoms with van der Waals surface area (Å²) in [6, 6.07) is 13.3. The Morgan fingerprint density at radius 3 is 2.70 bits per heavy atom. The molecule has 0 aromatic heterocycles. The number of amides is 2. The van der Waals surface area contributed by atoms with Crippen LogP contribution in [0, 0.1) is 0 Å². The van der Waals surface area contributed by atoms with E-state index in [9.17, 15) is 14.4 Å². The number of methoxy groups -OCH3 is 1. The molecule has 1 aliphatic rings. The first-order valence-corrected chi connectivity index (χ1v) is 8.67. The number of imide groups is 1. The van der Waals surface area contributed by atoms with Gasteiger partial charge in [0.1, 0.15) is 11.5 Å². The molecular formula is C19H15NO6S. The van der Waals surface area contributed by atoms with Crippen molar-refractivity contribution in [2.75, 3.05) is 18.6 Å². The summed E-state index contributed by atoms with van der Waals surface area (Å²) in [5, 5.41) is 8.34. The lowest BCUT2D eigenvalue weighted by Crippen LogP contribution is -2.27. The minimum atomic E-state index is -1.11. The lowest BCUT2D eigenvalue weighted by molar-refractivity contribution is -0.139. The number of anilines is 1. The number of nitrogens with zero attached hydrogens (tertiary/aromatic N) is 1. The summed E-state index contributed by atoms with van der Waals surface area (Å²) in [4.78, 5) is 37.1. The van der Waals surface area contributed by atoms with Crippen LogP contribution in [0.1, 0.15) is 5.56 Å². The molecule has 2 aromatic carbocycles. The van der Waals surface area contributed by atoms with Crippen LogP contribution in [0.5, 0.6) is 11.5 Å². The van der Waals surface area contributed by atoms with Crippen molar-refractivity contribution in [2.45, 2.75) is 0 Å². The van der Waals surface area contributed by atoms with E-state index < -0.39 is 23.7 Å². The van der Waals surface area contributed by atoms with Gasteiger partial charge < -0.3 is 14.6 Å². The van der Waals surface area contributed by atoms with Gasteiger partial charge in [-0.25, -0.2) is 9.69 Å². The predicted octanol–water partition coefficient (Wildman–Crippen LogP) is 3.40. The predicted molar refractivity (Wildman–Crippen MR) is 101 cm³/mol. The van der Waals surface area contributed by atoms with Crippen LogP contribution in [0.3, 0.4) is 0 Å². The molecule has 0 bridgehead atoms. The highest BCUT2D eigenvalue weighted by molar-refractivity contribution is 8.19. The monoisotopic (exact) mass is 385 g/mol. The van der Waals surface area contributed by atoms with Crippen LogP contribution in [0.4, 0.5) is 10.5 Å². The summed E-state index contributed by atoms with van der Waals surface area (Å²) < 4.78 is 10.4. The van der Waals surface area contributed by atoms with Crippen molar-refractivity contribution >= 4 is 40.6 Å². The fourth-order valence-corrected chi connectivity index (χ4v) is 3.28. The summed E-state index contributed by atoms with van der Waals surface area (Å²) in [7, 11) is 1.50. The van der Waals surface area contributed by atoms with E-state index in [2.05, 4.69) is 0 Å². The Labute approximate surface area is 159 Å². The van der Waals surface area contributed by atoms with E-state index in [1.54, 1.807) is 48.5 Å². The topological polar surface area (TPSA) is 93.1 Å². The zero-order chi connectivity index (χ0) is 19.4. The molecule has 0 aliphatic carbocycles. The van der Waals surface area contributed by atoms with Crippen molar-refractivity contribution in [3.05, 3.63) is 59.0 Å². The highest BCUT2D eigenvalue weighted by atomic mass is 32.2. The number of thioether (sulfide) groups is 1. The highest BCUT2D eigenvalue weighted by Crippen LogP contribution is 2.37. The third-order valence-corrected chi connectivity index (χ3v) is 4.53. The fraction of sp³-hybridized carbons (Fsp3) is 0.105. The van der Waals surface area contributed by atoms with Crippen molar-refractivity contribution in [2.24, 2.45) is 0 Å². The van der Waals surface area contributed by atoms with E-state index in [1.807, 2.05) is 0 Å². The number of rotatable bonds is 6. The van der Waals surface area contributed by atoms with Gasteiger partial charge in [-0.1, -0.05) is 24.3 Å². The quantitative estimate of drug-likeness (QED) is 0.762. The molecule has 1 saturated heterocycles. The van der Waals surface area contributed by atoms with Gasteiger partial charge in [0.25, 0.3) is 11.1 Å². The van der Waals surface area contributed by atoms with Crippen molar-refractivity contribution in [3.63, 3.8) is 0 Å². The molecule has 8 heteroatoms. The molecule has 0 radical (unpaired) electrons. The van der Waals surface area contributed by atoms with Gasteiger partial charge in [0.2, 0.25) is 0 Å². The molecule has 0 atom stereocenters. The van der Waals surface area contributed by atoms with Gasteiger partial charge in [0.05, 0.1) is 17.7 Å². The Bertz CT molecular complexity index is 939. The number of aliphatic carboxylic acids is 1. The molecule has 1 N–H and O–H groups in total. The molecular weight excluding hydrogens is 370 g/mol. The van der Waals surface area contributed by atoms with Crippen molar-refractivity contribution in [1.82, 2.24) is 0 Å². The van der Waals surface area contributed by atoms with Crippen LogP contribution in [-0.2, 0) is 9.59 Å². The summed E-state index contributed by atoms with van der Waals surface area (Å²) >= 11 is 0.804. The Morgan fingerprint density at radius 2 is 1.96 bits per heavy atom. The Morgan fingerprint density at radius 1 is 1.19 bits per heavy atom. The zero-order valence-electron chi connectivity index (χ0n) is 14.2. The van der Waals surface area contributed by atoms with E-state index >= 15 is 0 Å². The number of carbonyl (C=O) groups excluding carboxylic acids is 2. The maximum atomic E-state index is 12.7. The van der Waals surface area contributed by atoms with Gasteiger partial charge >= 0.3 is 5.97 Å². The highest BCUT2D eigenvalue weighted by Gasteiger charge is 2.36. The van der Waals surface area contributed by atoms with E-state index in [0.717, 1.165) is 16.7 Å². The maximum absolute atomic E-state index is 12.7. The number of hydrogen-bond donors (Lipinski definition) is 1. The van der Waals surface area contributed by atoms with Crippen LogP contribution in [0.15, 0.2) is 53.4 Å². The molecule has 7 nitrogen and oxygen atoms in total. The number of para-hydroxylation sites is 1. The average molecular weight is 385 g/mol. The minimum Gasteiger partial charge on any atom is -0.497 e. The van der Waals surface area contributed by atoms with Crippen molar-refractivity contribution < 1.29 is 29.0 Å². The Kier molecular flexibility index (Phi) is 5.46. The fourth-order valence-electron chi connectivity index (χ4n) is 2.45. The largest absolute Gasteiger partial charge is 0.497 e. The van der Waals surface area contributed by atoms with Crippen LogP contribution < -0.4 is 14.4 Å². The third-order valence-electron chi connectivity index (χ3n) is 3.66. The summed E-state index contributed by atoms with van der Waals surface area (Å²) in [6.07, 6.45) is 1.52.